The van der Waals surface area contributed by atoms with Gasteiger partial charge in [-0.05, 0) is 38.1 Å². The Labute approximate surface area is 229 Å². The third-order valence-corrected chi connectivity index (χ3v) is 7.73. The van der Waals surface area contributed by atoms with Crippen LogP contribution in [0.4, 0.5) is 8.78 Å². The summed E-state index contributed by atoms with van der Waals surface area (Å²) in [5, 5.41) is 24.5. The van der Waals surface area contributed by atoms with E-state index in [-0.39, 0.29) is 18.7 Å². The second kappa shape index (κ2) is 12.3. The highest BCUT2D eigenvalue weighted by atomic mass is 32.2. The minimum atomic E-state index is -1.59. The average molecular weight is 556 g/mol. The first kappa shape index (κ1) is 27.4. The molecule has 206 valence electrons. The van der Waals surface area contributed by atoms with Crippen LogP contribution in [-0.2, 0) is 12.1 Å². The van der Waals surface area contributed by atoms with Gasteiger partial charge in [-0.1, -0.05) is 35.5 Å². The largest absolute Gasteiger partial charge is 0.411 e. The highest BCUT2D eigenvalue weighted by Gasteiger charge is 2.36. The minimum Gasteiger partial charge on any atom is -0.411 e. The number of aromatic nitrogens is 5. The van der Waals surface area contributed by atoms with E-state index in [1.54, 1.807) is 11.8 Å². The van der Waals surface area contributed by atoms with Gasteiger partial charge >= 0.3 is 0 Å². The van der Waals surface area contributed by atoms with Crippen LogP contribution in [0.5, 0.6) is 0 Å². The van der Waals surface area contributed by atoms with E-state index in [9.17, 15) is 13.9 Å². The van der Waals surface area contributed by atoms with Crippen molar-refractivity contribution in [1.29, 1.82) is 0 Å². The number of thioether (sulfide) groups is 1. The molecular formula is C27H31F2N7O2S. The molecular weight excluding hydrogens is 524 g/mol. The normalized spacial score (nSPS) is 16.4. The molecule has 9 nitrogen and oxygen atoms in total. The highest BCUT2D eigenvalue weighted by Crippen LogP contribution is 2.28. The average Bonchev–Trinajstić information content (AvgIpc) is 3.60. The van der Waals surface area contributed by atoms with Gasteiger partial charge in [0.25, 0.3) is 5.22 Å². The van der Waals surface area contributed by atoms with E-state index < -0.39 is 17.2 Å². The zero-order valence-corrected chi connectivity index (χ0v) is 22.5. The van der Waals surface area contributed by atoms with Gasteiger partial charge in [0.05, 0.1) is 6.54 Å². The fraction of sp³-hybridized carbons (Fsp3) is 0.407. The van der Waals surface area contributed by atoms with Gasteiger partial charge in [-0.3, -0.25) is 4.90 Å². The SMILES string of the molecule is Cc1ccc(-c2nnc(SCCCN3CCN(CC(O)(Cn4cncn4)c4ccc(F)cc4F)CC3)o2)cc1. The van der Waals surface area contributed by atoms with Crippen molar-refractivity contribution in [3.63, 3.8) is 0 Å². The van der Waals surface area contributed by atoms with Crippen LogP contribution in [0.3, 0.4) is 0 Å². The molecule has 39 heavy (non-hydrogen) atoms. The van der Waals surface area contributed by atoms with Crippen molar-refractivity contribution in [2.75, 3.05) is 45.0 Å². The first-order valence-corrected chi connectivity index (χ1v) is 13.8. The molecule has 2 aromatic carbocycles. The predicted octanol–water partition coefficient (Wildman–Crippen LogP) is 3.60. The maximum absolute atomic E-state index is 14.7. The lowest BCUT2D eigenvalue weighted by Crippen LogP contribution is -2.52. The van der Waals surface area contributed by atoms with Crippen LogP contribution in [0.2, 0.25) is 0 Å². The van der Waals surface area contributed by atoms with Gasteiger partial charge in [0.15, 0.2) is 0 Å². The van der Waals surface area contributed by atoms with E-state index in [1.165, 1.54) is 29.0 Å². The third-order valence-electron chi connectivity index (χ3n) is 6.82. The van der Waals surface area contributed by atoms with E-state index in [4.69, 9.17) is 4.42 Å². The Hall–Kier alpha value is -3.19. The number of nitrogens with zero attached hydrogens (tertiary/aromatic N) is 7. The maximum Gasteiger partial charge on any atom is 0.276 e. The number of piperazine rings is 1. The number of hydrogen-bond donors (Lipinski definition) is 1. The standard InChI is InChI=1S/C27H31F2N7O2S/c1-20-3-5-21(6-4-20)25-32-33-26(38-25)39-14-2-9-34-10-12-35(13-11-34)16-27(37,17-36-19-30-18-31-36)23-8-7-22(28)15-24(23)29/h3-8,15,18-19,37H,2,9-14,16-17H2,1H3. The van der Waals surface area contributed by atoms with Crippen molar-refractivity contribution in [3.05, 3.63) is 77.9 Å². The number of aryl methyl sites for hydroxylation is 1. The minimum absolute atomic E-state index is 0.00822. The van der Waals surface area contributed by atoms with Crippen molar-refractivity contribution in [1.82, 2.24) is 34.8 Å². The quantitative estimate of drug-likeness (QED) is 0.220. The van der Waals surface area contributed by atoms with E-state index in [2.05, 4.69) is 30.1 Å². The summed E-state index contributed by atoms with van der Waals surface area (Å²) in [5.74, 6) is -0.0760. The van der Waals surface area contributed by atoms with Crippen LogP contribution in [-0.4, -0.2) is 84.9 Å². The van der Waals surface area contributed by atoms with Crippen LogP contribution in [0.15, 0.2) is 64.8 Å². The molecule has 1 fully saturated rings. The summed E-state index contributed by atoms with van der Waals surface area (Å²) >= 11 is 1.55. The smallest absolute Gasteiger partial charge is 0.276 e. The Morgan fingerprint density at radius 1 is 1.00 bits per heavy atom. The van der Waals surface area contributed by atoms with Crippen LogP contribution in [0.1, 0.15) is 17.5 Å². The summed E-state index contributed by atoms with van der Waals surface area (Å²) in [6, 6.07) is 11.3. The molecule has 5 rings (SSSR count). The van der Waals surface area contributed by atoms with E-state index >= 15 is 0 Å². The third kappa shape index (κ3) is 7.07. The molecule has 1 unspecified atom stereocenters. The number of benzene rings is 2. The van der Waals surface area contributed by atoms with Gasteiger partial charge in [0, 0.05) is 55.7 Å². The number of rotatable bonds is 11. The molecule has 1 aliphatic rings. The van der Waals surface area contributed by atoms with Gasteiger partial charge < -0.3 is 14.4 Å². The van der Waals surface area contributed by atoms with Crippen LogP contribution in [0.25, 0.3) is 11.5 Å². The molecule has 1 N–H and O–H groups in total. The molecule has 1 saturated heterocycles. The Balaban J connectivity index is 1.09. The van der Waals surface area contributed by atoms with Gasteiger partial charge in [-0.2, -0.15) is 5.10 Å². The fourth-order valence-electron chi connectivity index (χ4n) is 4.74. The van der Waals surface area contributed by atoms with Gasteiger partial charge in [0.2, 0.25) is 5.89 Å². The zero-order valence-electron chi connectivity index (χ0n) is 21.7. The molecule has 1 aliphatic heterocycles. The van der Waals surface area contributed by atoms with E-state index in [0.717, 1.165) is 62.6 Å². The van der Waals surface area contributed by atoms with Crippen molar-refractivity contribution in [2.24, 2.45) is 0 Å². The van der Waals surface area contributed by atoms with Gasteiger partial charge in [-0.15, -0.1) is 10.2 Å². The summed E-state index contributed by atoms with van der Waals surface area (Å²) in [6.45, 7) is 6.26. The number of halogens is 2. The second-order valence-corrected chi connectivity index (χ2v) is 10.9. The number of β-amino-alcohol motifs (C(OH)–C–C–N with tert-alkyl or cyclic N) is 1. The number of hydrogen-bond acceptors (Lipinski definition) is 9. The van der Waals surface area contributed by atoms with Crippen molar-refractivity contribution in [2.45, 2.75) is 30.7 Å². The van der Waals surface area contributed by atoms with Crippen molar-refractivity contribution in [3.8, 4) is 11.5 Å². The number of aliphatic hydroxyl groups is 1. The molecule has 0 bridgehead atoms. The first-order valence-electron chi connectivity index (χ1n) is 12.9. The summed E-state index contributed by atoms with van der Waals surface area (Å²) in [6.07, 6.45) is 3.80. The Morgan fingerprint density at radius 2 is 1.77 bits per heavy atom. The molecule has 0 amide bonds. The molecule has 1 atom stereocenters. The monoisotopic (exact) mass is 555 g/mol. The van der Waals surface area contributed by atoms with Crippen LogP contribution in [0, 0.1) is 18.6 Å². The summed E-state index contributed by atoms with van der Waals surface area (Å²) in [5.41, 5.74) is 0.544. The van der Waals surface area contributed by atoms with Crippen LogP contribution >= 0.6 is 11.8 Å². The van der Waals surface area contributed by atoms with E-state index in [0.29, 0.717) is 11.1 Å². The first-order chi connectivity index (χ1) is 18.9. The lowest BCUT2D eigenvalue weighted by Gasteiger charge is -2.39. The lowest BCUT2D eigenvalue weighted by atomic mass is 9.92. The van der Waals surface area contributed by atoms with Gasteiger partial charge in [0.1, 0.15) is 29.9 Å². The zero-order chi connectivity index (χ0) is 27.2. The van der Waals surface area contributed by atoms with Gasteiger partial charge in [-0.25, -0.2) is 18.4 Å². The molecule has 0 spiro atoms. The van der Waals surface area contributed by atoms with Crippen LogP contribution < -0.4 is 0 Å². The predicted molar refractivity (Wildman–Crippen MR) is 143 cm³/mol. The maximum atomic E-state index is 14.7. The summed E-state index contributed by atoms with van der Waals surface area (Å²) in [4.78, 5) is 8.40. The second-order valence-electron chi connectivity index (χ2n) is 9.81. The van der Waals surface area contributed by atoms with Crippen molar-refractivity contribution < 1.29 is 18.3 Å². The Kier molecular flexibility index (Phi) is 8.66. The van der Waals surface area contributed by atoms with Crippen molar-refractivity contribution >= 4 is 11.8 Å². The Morgan fingerprint density at radius 3 is 2.49 bits per heavy atom. The molecule has 0 saturated carbocycles. The van der Waals surface area contributed by atoms with E-state index in [1.807, 2.05) is 31.2 Å². The fourth-order valence-corrected chi connectivity index (χ4v) is 5.42. The molecule has 2 aromatic heterocycles. The topological polar surface area (TPSA) is 96.3 Å². The molecule has 4 aromatic rings. The molecule has 0 aliphatic carbocycles. The summed E-state index contributed by atoms with van der Waals surface area (Å²) in [7, 11) is 0. The lowest BCUT2D eigenvalue weighted by molar-refractivity contribution is -0.0317. The highest BCUT2D eigenvalue weighted by molar-refractivity contribution is 7.99. The molecule has 3 heterocycles. The summed E-state index contributed by atoms with van der Waals surface area (Å²) < 4.78 is 35.5. The Bertz CT molecular complexity index is 1340. The molecule has 0 radical (unpaired) electrons. The molecule has 12 heteroatoms.